The molecule has 1 aliphatic carbocycles. The number of hydrogen-bond donors (Lipinski definition) is 0. The molecule has 0 saturated carbocycles. The van der Waals surface area contributed by atoms with Gasteiger partial charge in [0.25, 0.3) is 0 Å². The van der Waals surface area contributed by atoms with Crippen LogP contribution >= 0.6 is 0 Å². The van der Waals surface area contributed by atoms with Crippen molar-refractivity contribution in [3.8, 4) is 0 Å². The molecule has 2 unspecified atom stereocenters. The molecule has 7 heteroatoms. The zero-order valence-corrected chi connectivity index (χ0v) is 11.8. The average Bonchev–Trinajstić information content (AvgIpc) is 2.50. The van der Waals surface area contributed by atoms with E-state index in [1.807, 2.05) is 0 Å². The molecule has 0 nitrogen and oxygen atoms in total. The van der Waals surface area contributed by atoms with E-state index in [4.69, 9.17) is 0 Å². The Balaban J connectivity index is 2.87. The van der Waals surface area contributed by atoms with Gasteiger partial charge in [-0.3, -0.25) is 0 Å². The average molecular weight is 324 g/mol. The van der Waals surface area contributed by atoms with Crippen molar-refractivity contribution in [3.63, 3.8) is 0 Å². The van der Waals surface area contributed by atoms with Gasteiger partial charge >= 0.3 is 0 Å². The lowest BCUT2D eigenvalue weighted by Gasteiger charge is -2.27. The summed E-state index contributed by atoms with van der Waals surface area (Å²) >= 11 is 0. The van der Waals surface area contributed by atoms with Crippen LogP contribution in [0.4, 0.5) is 30.7 Å². The monoisotopic (exact) mass is 324 g/mol. The molecule has 0 aliphatic heterocycles. The fourth-order valence-corrected chi connectivity index (χ4v) is 2.39. The van der Waals surface area contributed by atoms with Gasteiger partial charge in [-0.15, -0.1) is 0 Å². The highest BCUT2D eigenvalue weighted by Gasteiger charge is 2.38. The Morgan fingerprint density at radius 3 is 1.77 bits per heavy atom. The van der Waals surface area contributed by atoms with Gasteiger partial charge in [0.2, 0.25) is 0 Å². The molecule has 0 spiro atoms. The summed E-state index contributed by atoms with van der Waals surface area (Å²) in [5.74, 6) is -12.3. The van der Waals surface area contributed by atoms with Gasteiger partial charge in [0, 0.05) is 17.1 Å². The Hall–Kier alpha value is -1.79. The molecule has 2 atom stereocenters. The van der Waals surface area contributed by atoms with E-state index < -0.39 is 63.7 Å². The van der Waals surface area contributed by atoms with Crippen LogP contribution in [-0.2, 0) is 0 Å². The highest BCUT2D eigenvalue weighted by molar-refractivity contribution is 5.78. The van der Waals surface area contributed by atoms with Gasteiger partial charge in [0.1, 0.15) is 6.17 Å². The molecular weight excluding hydrogens is 313 g/mol. The number of halogens is 7. The largest absolute Gasteiger partial charge is 0.241 e. The quantitative estimate of drug-likeness (QED) is 0.365. The standard InChI is InChI=1S/C15H11F7/c1-4-5(2)10(17)13(20)8(9(4)16)7-6(3)11(18)14(21)15(22)12(7)19/h4,9H,1-3H3. The van der Waals surface area contributed by atoms with Crippen molar-refractivity contribution < 1.29 is 30.7 Å². The maximum absolute atomic E-state index is 14.3. The normalized spacial score (nSPS) is 22.6. The summed E-state index contributed by atoms with van der Waals surface area (Å²) in [6.07, 6.45) is -2.23. The van der Waals surface area contributed by atoms with Crippen LogP contribution in [0, 0.1) is 36.1 Å². The first kappa shape index (κ1) is 16.6. The molecule has 1 aromatic carbocycles. The predicted molar refractivity (Wildman–Crippen MR) is 66.9 cm³/mol. The van der Waals surface area contributed by atoms with Crippen molar-refractivity contribution in [3.05, 3.63) is 51.6 Å². The van der Waals surface area contributed by atoms with E-state index in [2.05, 4.69) is 0 Å². The van der Waals surface area contributed by atoms with Crippen molar-refractivity contribution in [1.29, 1.82) is 0 Å². The molecule has 0 radical (unpaired) electrons. The predicted octanol–water partition coefficient (Wildman–Crippen LogP) is 5.46. The third-order valence-corrected chi connectivity index (χ3v) is 3.94. The minimum atomic E-state index is -2.23. The molecule has 22 heavy (non-hydrogen) atoms. The lowest BCUT2D eigenvalue weighted by atomic mass is 9.82. The van der Waals surface area contributed by atoms with E-state index in [0.29, 0.717) is 0 Å². The molecule has 0 amide bonds. The van der Waals surface area contributed by atoms with E-state index in [-0.39, 0.29) is 5.57 Å². The molecule has 0 bridgehead atoms. The van der Waals surface area contributed by atoms with E-state index in [1.54, 1.807) is 0 Å². The molecule has 120 valence electrons. The lowest BCUT2D eigenvalue weighted by Crippen LogP contribution is -2.24. The summed E-state index contributed by atoms with van der Waals surface area (Å²) in [6, 6.07) is 0. The second-order valence-electron chi connectivity index (χ2n) is 5.17. The van der Waals surface area contributed by atoms with Crippen LogP contribution in [0.25, 0.3) is 5.57 Å². The third-order valence-electron chi connectivity index (χ3n) is 3.94. The van der Waals surface area contributed by atoms with Crippen LogP contribution in [0.15, 0.2) is 17.2 Å². The molecule has 0 aromatic heterocycles. The summed E-state index contributed by atoms with van der Waals surface area (Å²) in [5.41, 5.74) is -3.35. The Bertz CT molecular complexity index is 686. The second kappa shape index (κ2) is 5.44. The number of allylic oxidation sites excluding steroid dienone is 4. The molecule has 0 saturated heterocycles. The zero-order valence-electron chi connectivity index (χ0n) is 11.8. The highest BCUT2D eigenvalue weighted by Crippen LogP contribution is 2.44. The molecule has 1 aliphatic rings. The van der Waals surface area contributed by atoms with Crippen LogP contribution < -0.4 is 0 Å². The first-order valence-corrected chi connectivity index (χ1v) is 6.34. The maximum Gasteiger partial charge on any atom is 0.198 e. The van der Waals surface area contributed by atoms with Gasteiger partial charge in [-0.05, 0) is 25.0 Å². The van der Waals surface area contributed by atoms with Crippen LogP contribution in [0.3, 0.4) is 0 Å². The number of benzene rings is 1. The number of rotatable bonds is 1. The smallest absolute Gasteiger partial charge is 0.198 e. The Morgan fingerprint density at radius 1 is 0.727 bits per heavy atom. The SMILES string of the molecule is CC1=C(F)C(F)=C(c2c(C)c(F)c(F)c(F)c2F)C(F)C1C. The van der Waals surface area contributed by atoms with Gasteiger partial charge in [-0.1, -0.05) is 6.92 Å². The van der Waals surface area contributed by atoms with E-state index in [9.17, 15) is 30.7 Å². The maximum atomic E-state index is 14.3. The molecule has 2 rings (SSSR count). The van der Waals surface area contributed by atoms with Crippen molar-refractivity contribution in [2.45, 2.75) is 26.9 Å². The Labute approximate surface area is 121 Å². The summed E-state index contributed by atoms with van der Waals surface area (Å²) in [5, 5.41) is 0. The van der Waals surface area contributed by atoms with Crippen molar-refractivity contribution in [1.82, 2.24) is 0 Å². The minimum absolute atomic E-state index is 0.241. The van der Waals surface area contributed by atoms with E-state index in [0.717, 1.165) is 13.8 Å². The van der Waals surface area contributed by atoms with Crippen molar-refractivity contribution in [2.75, 3.05) is 0 Å². The molecule has 0 heterocycles. The summed E-state index contributed by atoms with van der Waals surface area (Å²) in [4.78, 5) is 0. The van der Waals surface area contributed by atoms with Gasteiger partial charge < -0.3 is 0 Å². The Kier molecular flexibility index (Phi) is 4.10. The number of alkyl halides is 1. The van der Waals surface area contributed by atoms with Crippen LogP contribution in [-0.4, -0.2) is 6.17 Å². The summed E-state index contributed by atoms with van der Waals surface area (Å²) in [6.45, 7) is 3.20. The van der Waals surface area contributed by atoms with Crippen LogP contribution in [0.2, 0.25) is 0 Å². The van der Waals surface area contributed by atoms with Crippen LogP contribution in [0.1, 0.15) is 25.0 Å². The van der Waals surface area contributed by atoms with Gasteiger partial charge in [-0.25, -0.2) is 30.7 Å². The fraction of sp³-hybridized carbons (Fsp3) is 0.333. The molecule has 0 fully saturated rings. The van der Waals surface area contributed by atoms with Gasteiger partial charge in [0.05, 0.1) is 0 Å². The minimum Gasteiger partial charge on any atom is -0.241 e. The van der Waals surface area contributed by atoms with Gasteiger partial charge in [-0.2, -0.15) is 0 Å². The van der Waals surface area contributed by atoms with Crippen molar-refractivity contribution >= 4 is 5.57 Å². The molecule has 1 aromatic rings. The number of hydrogen-bond acceptors (Lipinski definition) is 0. The van der Waals surface area contributed by atoms with E-state index in [1.165, 1.54) is 6.92 Å². The summed E-state index contributed by atoms with van der Waals surface area (Å²) < 4.78 is 96.1. The van der Waals surface area contributed by atoms with Crippen LogP contribution in [0.5, 0.6) is 0 Å². The molecular formula is C15H11F7. The van der Waals surface area contributed by atoms with Gasteiger partial charge in [0.15, 0.2) is 34.9 Å². The highest BCUT2D eigenvalue weighted by atomic mass is 19.2. The fourth-order valence-electron chi connectivity index (χ4n) is 2.39. The lowest BCUT2D eigenvalue weighted by molar-refractivity contribution is 0.314. The first-order valence-electron chi connectivity index (χ1n) is 6.34. The molecule has 0 N–H and O–H groups in total. The topological polar surface area (TPSA) is 0 Å². The van der Waals surface area contributed by atoms with E-state index >= 15 is 0 Å². The summed E-state index contributed by atoms with van der Waals surface area (Å²) in [7, 11) is 0. The first-order chi connectivity index (χ1) is 10.1. The second-order valence-corrected chi connectivity index (χ2v) is 5.17. The zero-order chi connectivity index (χ0) is 16.9. The third kappa shape index (κ3) is 2.14. The van der Waals surface area contributed by atoms with Crippen molar-refractivity contribution in [2.24, 2.45) is 5.92 Å². The Morgan fingerprint density at radius 2 is 1.23 bits per heavy atom.